The highest BCUT2D eigenvalue weighted by molar-refractivity contribution is 5.66. The van der Waals surface area contributed by atoms with E-state index < -0.39 is 5.97 Å². The number of rotatable bonds is 14. The monoisotopic (exact) mass is 258 g/mol. The molecule has 18 heavy (non-hydrogen) atoms. The average Bonchev–Trinajstić information content (AvgIpc) is 2.34. The topological polar surface area (TPSA) is 37.3 Å². The first kappa shape index (κ1) is 17.5. The fraction of sp³-hybridized carbons (Fsp3) is 0.938. The fourth-order valence-corrected chi connectivity index (χ4v) is 2.29. The van der Waals surface area contributed by atoms with Crippen molar-refractivity contribution in [2.45, 2.75) is 96.8 Å². The van der Waals surface area contributed by atoms with Gasteiger partial charge >= 0.3 is 5.97 Å². The standard InChI is InChI=1S/C16H32O2/c1-2-3-4-5-6-7-8-9-10-11-12-13-14-15-16(17)18/h2-15H2,1H3,(H,17,18)/i15+1,16+1. The SMILES string of the molecule is CCCCCCCCCCCCCC[13CH2][13C](=O)O. The van der Waals surface area contributed by atoms with Crippen LogP contribution < -0.4 is 0 Å². The van der Waals surface area contributed by atoms with Crippen molar-refractivity contribution in [3.8, 4) is 0 Å². The minimum Gasteiger partial charge on any atom is -0.481 e. The zero-order valence-electron chi connectivity index (χ0n) is 12.3. The van der Waals surface area contributed by atoms with Crippen molar-refractivity contribution in [1.29, 1.82) is 0 Å². The Morgan fingerprint density at radius 1 is 0.667 bits per heavy atom. The Morgan fingerprint density at radius 2 is 1.00 bits per heavy atom. The maximum Gasteiger partial charge on any atom is 0.303 e. The van der Waals surface area contributed by atoms with E-state index in [1.165, 1.54) is 70.6 Å². The molecule has 0 atom stereocenters. The second kappa shape index (κ2) is 14.5. The van der Waals surface area contributed by atoms with Gasteiger partial charge in [0, 0.05) is 6.42 Å². The Kier molecular flexibility index (Phi) is 14.1. The molecular formula is C16H32O2. The Bertz CT molecular complexity index is 178. The molecule has 0 aromatic carbocycles. The number of hydrogen-bond acceptors (Lipinski definition) is 1. The third kappa shape index (κ3) is 15.5. The summed E-state index contributed by atoms with van der Waals surface area (Å²) in [5, 5.41) is 8.49. The number of carboxylic acids is 1. The summed E-state index contributed by atoms with van der Waals surface area (Å²) in [5.41, 5.74) is 0. The van der Waals surface area contributed by atoms with Gasteiger partial charge in [0.1, 0.15) is 0 Å². The molecule has 0 aromatic rings. The van der Waals surface area contributed by atoms with Gasteiger partial charge in [-0.25, -0.2) is 0 Å². The van der Waals surface area contributed by atoms with Gasteiger partial charge in [-0.05, 0) is 6.42 Å². The molecule has 0 saturated carbocycles. The smallest absolute Gasteiger partial charge is 0.303 e. The lowest BCUT2D eigenvalue weighted by atomic mass is 10.1. The van der Waals surface area contributed by atoms with Crippen LogP contribution in [0.1, 0.15) is 96.8 Å². The summed E-state index contributed by atoms with van der Waals surface area (Å²) < 4.78 is 0. The molecule has 0 fully saturated rings. The summed E-state index contributed by atoms with van der Waals surface area (Å²) in [7, 11) is 0. The lowest BCUT2D eigenvalue weighted by Crippen LogP contribution is -1.93. The van der Waals surface area contributed by atoms with Gasteiger partial charge in [0.25, 0.3) is 0 Å². The third-order valence-electron chi connectivity index (χ3n) is 3.49. The number of unbranched alkanes of at least 4 members (excludes halogenated alkanes) is 12. The van der Waals surface area contributed by atoms with Crippen LogP contribution in [-0.4, -0.2) is 11.1 Å². The first-order chi connectivity index (χ1) is 8.77. The van der Waals surface area contributed by atoms with E-state index in [0.717, 1.165) is 12.8 Å². The normalized spacial score (nSPS) is 10.7. The first-order valence-electron chi connectivity index (χ1n) is 7.99. The quantitative estimate of drug-likeness (QED) is 0.327. The van der Waals surface area contributed by atoms with Crippen LogP contribution in [0.3, 0.4) is 0 Å². The molecule has 0 unspecified atom stereocenters. The number of aliphatic carboxylic acids is 1. The molecule has 0 heterocycles. The van der Waals surface area contributed by atoms with Crippen LogP contribution in [0.4, 0.5) is 0 Å². The highest BCUT2D eigenvalue weighted by atomic mass is 16.5. The van der Waals surface area contributed by atoms with Crippen LogP contribution >= 0.6 is 0 Å². The molecular weight excluding hydrogens is 226 g/mol. The second-order valence-electron chi connectivity index (χ2n) is 5.39. The third-order valence-corrected chi connectivity index (χ3v) is 3.49. The molecule has 0 aromatic heterocycles. The second-order valence-corrected chi connectivity index (χ2v) is 5.39. The van der Waals surface area contributed by atoms with Gasteiger partial charge in [-0.2, -0.15) is 0 Å². The van der Waals surface area contributed by atoms with E-state index in [1.54, 1.807) is 0 Å². The van der Waals surface area contributed by atoms with Crippen LogP contribution in [0.5, 0.6) is 0 Å². The molecule has 0 radical (unpaired) electrons. The molecule has 0 bridgehead atoms. The van der Waals surface area contributed by atoms with Crippen molar-refractivity contribution in [2.75, 3.05) is 0 Å². The van der Waals surface area contributed by atoms with E-state index >= 15 is 0 Å². The zero-order chi connectivity index (χ0) is 13.5. The summed E-state index contributed by atoms with van der Waals surface area (Å²) in [5.74, 6) is -0.655. The summed E-state index contributed by atoms with van der Waals surface area (Å²) >= 11 is 0. The van der Waals surface area contributed by atoms with Crippen molar-refractivity contribution < 1.29 is 9.90 Å². The van der Waals surface area contributed by atoms with E-state index in [-0.39, 0.29) is 0 Å². The number of hydrogen-bond donors (Lipinski definition) is 1. The van der Waals surface area contributed by atoms with E-state index in [2.05, 4.69) is 6.92 Å². The summed E-state index contributed by atoms with van der Waals surface area (Å²) in [4.78, 5) is 10.3. The van der Waals surface area contributed by atoms with Crippen molar-refractivity contribution in [3.63, 3.8) is 0 Å². The van der Waals surface area contributed by atoms with E-state index in [9.17, 15) is 4.79 Å². The number of carboxylic acid groups (broad SMARTS) is 1. The molecule has 0 rings (SSSR count). The van der Waals surface area contributed by atoms with E-state index in [4.69, 9.17) is 5.11 Å². The van der Waals surface area contributed by atoms with Gasteiger partial charge in [-0.3, -0.25) is 4.79 Å². The Balaban J connectivity index is 2.92. The molecule has 0 amide bonds. The lowest BCUT2D eigenvalue weighted by Gasteiger charge is -2.02. The summed E-state index contributed by atoms with van der Waals surface area (Å²) in [6, 6.07) is 0. The van der Waals surface area contributed by atoms with Crippen LogP contribution in [0.15, 0.2) is 0 Å². The van der Waals surface area contributed by atoms with Crippen molar-refractivity contribution in [1.82, 2.24) is 0 Å². The predicted octanol–water partition coefficient (Wildman–Crippen LogP) is 5.55. The van der Waals surface area contributed by atoms with Crippen LogP contribution in [0.25, 0.3) is 0 Å². The Labute approximate surface area is 113 Å². The molecule has 0 aliphatic rings. The maximum absolute atomic E-state index is 10.3. The first-order valence-corrected chi connectivity index (χ1v) is 7.99. The van der Waals surface area contributed by atoms with Crippen LogP contribution in [0, 0.1) is 0 Å². The fourth-order valence-electron chi connectivity index (χ4n) is 2.29. The van der Waals surface area contributed by atoms with Crippen LogP contribution in [0.2, 0.25) is 0 Å². The van der Waals surface area contributed by atoms with Crippen molar-refractivity contribution in [3.05, 3.63) is 0 Å². The highest BCUT2D eigenvalue weighted by Crippen LogP contribution is 2.12. The van der Waals surface area contributed by atoms with Gasteiger partial charge in [0.2, 0.25) is 0 Å². The van der Waals surface area contributed by atoms with Crippen molar-refractivity contribution >= 4 is 5.97 Å². The highest BCUT2D eigenvalue weighted by Gasteiger charge is 1.96. The molecule has 0 aliphatic carbocycles. The maximum atomic E-state index is 10.3. The van der Waals surface area contributed by atoms with E-state index in [0.29, 0.717) is 6.42 Å². The van der Waals surface area contributed by atoms with Gasteiger partial charge < -0.3 is 5.11 Å². The average molecular weight is 258 g/mol. The van der Waals surface area contributed by atoms with Gasteiger partial charge in [0.15, 0.2) is 0 Å². The number of carbonyl (C=O) groups is 1. The van der Waals surface area contributed by atoms with Gasteiger partial charge in [-0.15, -0.1) is 0 Å². The molecule has 2 heteroatoms. The van der Waals surface area contributed by atoms with Gasteiger partial charge in [0.05, 0.1) is 0 Å². The molecule has 0 aliphatic heterocycles. The summed E-state index contributed by atoms with van der Waals surface area (Å²) in [6.45, 7) is 2.26. The Morgan fingerprint density at radius 3 is 1.33 bits per heavy atom. The largest absolute Gasteiger partial charge is 0.481 e. The molecule has 0 saturated heterocycles. The minimum absolute atomic E-state index is 0.345. The van der Waals surface area contributed by atoms with E-state index in [1.807, 2.05) is 0 Å². The molecule has 0 spiro atoms. The minimum atomic E-state index is -0.655. The predicted molar refractivity (Wildman–Crippen MR) is 77.9 cm³/mol. The molecule has 1 N–H and O–H groups in total. The lowest BCUT2D eigenvalue weighted by molar-refractivity contribution is -0.137. The van der Waals surface area contributed by atoms with Crippen LogP contribution in [-0.2, 0) is 4.79 Å². The Hall–Kier alpha value is -0.530. The summed E-state index contributed by atoms with van der Waals surface area (Å²) in [6.07, 6.45) is 17.3. The van der Waals surface area contributed by atoms with Gasteiger partial charge in [-0.1, -0.05) is 84.0 Å². The molecule has 108 valence electrons. The zero-order valence-corrected chi connectivity index (χ0v) is 12.3. The molecule has 2 nitrogen and oxygen atoms in total. The van der Waals surface area contributed by atoms with Crippen molar-refractivity contribution in [2.24, 2.45) is 0 Å².